The lowest BCUT2D eigenvalue weighted by Crippen LogP contribution is -2.51. The molecule has 1 N–H and O–H groups in total. The molecule has 2 aliphatic rings. The van der Waals surface area contributed by atoms with Crippen molar-refractivity contribution in [2.75, 3.05) is 53.0 Å². The standard InChI is InChI=1S/C18H28N4O3/c1-24-9-7-21-8-10-25-17-14-22(6-4-16(17)13-21)18(23)20-12-15-3-2-5-19-11-15/h2-3,5,11,16-17H,4,6-10,12-14H2,1H3,(H,20,23)/t16-,17-/m0/s1. The fraction of sp³-hybridized carbons (Fsp3) is 0.667. The van der Waals surface area contributed by atoms with Gasteiger partial charge in [-0.1, -0.05) is 6.07 Å². The van der Waals surface area contributed by atoms with E-state index in [-0.39, 0.29) is 12.1 Å². The van der Waals surface area contributed by atoms with Gasteiger partial charge >= 0.3 is 6.03 Å². The van der Waals surface area contributed by atoms with Crippen LogP contribution in [-0.2, 0) is 16.0 Å². The number of pyridine rings is 1. The second-order valence-electron chi connectivity index (χ2n) is 6.72. The summed E-state index contributed by atoms with van der Waals surface area (Å²) in [6, 6.07) is 3.82. The highest BCUT2D eigenvalue weighted by Gasteiger charge is 2.34. The highest BCUT2D eigenvalue weighted by molar-refractivity contribution is 5.74. The molecular weight excluding hydrogens is 320 g/mol. The number of carbonyl (C=O) groups excluding carboxylic acids is 1. The van der Waals surface area contributed by atoms with Crippen molar-refractivity contribution in [2.45, 2.75) is 19.1 Å². The SMILES string of the molecule is COCCN1CCO[C@H]2CN(C(=O)NCc3cccnc3)CC[C@H]2C1. The van der Waals surface area contributed by atoms with Gasteiger partial charge in [0.25, 0.3) is 0 Å². The molecule has 0 aromatic carbocycles. The van der Waals surface area contributed by atoms with E-state index in [2.05, 4.69) is 15.2 Å². The number of nitrogens with one attached hydrogen (secondary N) is 1. The van der Waals surface area contributed by atoms with Crippen molar-refractivity contribution >= 4 is 6.03 Å². The number of amides is 2. The molecule has 0 unspecified atom stereocenters. The first kappa shape index (κ1) is 18.1. The topological polar surface area (TPSA) is 66.9 Å². The van der Waals surface area contributed by atoms with E-state index in [4.69, 9.17) is 9.47 Å². The molecule has 0 bridgehead atoms. The summed E-state index contributed by atoms with van der Waals surface area (Å²) in [7, 11) is 1.74. The fourth-order valence-electron chi connectivity index (χ4n) is 3.52. The minimum absolute atomic E-state index is 0.0219. The van der Waals surface area contributed by atoms with E-state index in [1.807, 2.05) is 17.0 Å². The molecule has 1 aromatic rings. The molecule has 2 atom stereocenters. The van der Waals surface area contributed by atoms with Gasteiger partial charge in [0.2, 0.25) is 0 Å². The zero-order valence-electron chi connectivity index (χ0n) is 14.9. The molecule has 138 valence electrons. The number of rotatable bonds is 5. The molecule has 0 saturated carbocycles. The summed E-state index contributed by atoms with van der Waals surface area (Å²) in [4.78, 5) is 20.8. The third-order valence-electron chi connectivity index (χ3n) is 4.99. The number of nitrogens with zero attached hydrogens (tertiary/aromatic N) is 3. The molecule has 2 amide bonds. The highest BCUT2D eigenvalue weighted by Crippen LogP contribution is 2.24. The summed E-state index contributed by atoms with van der Waals surface area (Å²) in [5.41, 5.74) is 1.00. The van der Waals surface area contributed by atoms with Crippen molar-refractivity contribution in [1.29, 1.82) is 0 Å². The predicted molar refractivity (Wildman–Crippen MR) is 94.2 cm³/mol. The largest absolute Gasteiger partial charge is 0.383 e. The fourth-order valence-corrected chi connectivity index (χ4v) is 3.52. The van der Waals surface area contributed by atoms with Crippen LogP contribution in [0, 0.1) is 5.92 Å². The number of aromatic nitrogens is 1. The van der Waals surface area contributed by atoms with Crippen LogP contribution in [0.3, 0.4) is 0 Å². The minimum Gasteiger partial charge on any atom is -0.383 e. The second-order valence-corrected chi connectivity index (χ2v) is 6.72. The first-order chi connectivity index (χ1) is 12.3. The van der Waals surface area contributed by atoms with Crippen molar-refractivity contribution in [3.63, 3.8) is 0 Å². The lowest BCUT2D eigenvalue weighted by molar-refractivity contribution is -0.0111. The Kier molecular flexibility index (Phi) is 6.61. The maximum atomic E-state index is 12.4. The molecule has 7 heteroatoms. The normalized spacial score (nSPS) is 24.4. The van der Waals surface area contributed by atoms with E-state index in [1.54, 1.807) is 19.5 Å². The maximum Gasteiger partial charge on any atom is 0.317 e. The van der Waals surface area contributed by atoms with Crippen molar-refractivity contribution in [3.8, 4) is 0 Å². The van der Waals surface area contributed by atoms with Crippen LogP contribution < -0.4 is 5.32 Å². The predicted octanol–water partition coefficient (Wildman–Crippen LogP) is 0.960. The smallest absolute Gasteiger partial charge is 0.317 e. The Bertz CT molecular complexity index is 542. The van der Waals surface area contributed by atoms with Crippen LogP contribution in [-0.4, -0.2) is 80.0 Å². The molecule has 0 spiro atoms. The Morgan fingerprint density at radius 3 is 3.16 bits per heavy atom. The molecule has 1 aromatic heterocycles. The van der Waals surface area contributed by atoms with Gasteiger partial charge in [-0.05, 0) is 18.1 Å². The van der Waals surface area contributed by atoms with E-state index in [0.29, 0.717) is 19.0 Å². The number of piperidine rings is 1. The summed E-state index contributed by atoms with van der Waals surface area (Å²) < 4.78 is 11.2. The highest BCUT2D eigenvalue weighted by atomic mass is 16.5. The number of likely N-dealkylation sites (tertiary alicyclic amines) is 1. The van der Waals surface area contributed by atoms with Gasteiger partial charge < -0.3 is 19.7 Å². The van der Waals surface area contributed by atoms with Gasteiger partial charge in [-0.3, -0.25) is 9.88 Å². The van der Waals surface area contributed by atoms with Crippen LogP contribution in [0.25, 0.3) is 0 Å². The maximum absolute atomic E-state index is 12.4. The Morgan fingerprint density at radius 1 is 1.44 bits per heavy atom. The number of ether oxygens (including phenoxy) is 2. The first-order valence-electron chi connectivity index (χ1n) is 9.01. The Labute approximate surface area is 149 Å². The number of methoxy groups -OCH3 is 1. The Hall–Kier alpha value is -1.70. The Balaban J connectivity index is 1.48. The lowest BCUT2D eigenvalue weighted by Gasteiger charge is -2.38. The van der Waals surface area contributed by atoms with Gasteiger partial charge in [0.15, 0.2) is 0 Å². The summed E-state index contributed by atoms with van der Waals surface area (Å²) in [5, 5.41) is 2.98. The van der Waals surface area contributed by atoms with E-state index in [0.717, 1.165) is 51.4 Å². The average molecular weight is 348 g/mol. The van der Waals surface area contributed by atoms with Crippen LogP contribution >= 0.6 is 0 Å². The zero-order valence-corrected chi connectivity index (χ0v) is 14.9. The lowest BCUT2D eigenvalue weighted by atomic mass is 9.93. The van der Waals surface area contributed by atoms with Gasteiger partial charge in [0.1, 0.15) is 0 Å². The molecular formula is C18H28N4O3. The third-order valence-corrected chi connectivity index (χ3v) is 4.99. The monoisotopic (exact) mass is 348 g/mol. The molecule has 3 rings (SSSR count). The van der Waals surface area contributed by atoms with E-state index in [9.17, 15) is 4.79 Å². The Morgan fingerprint density at radius 2 is 2.36 bits per heavy atom. The molecule has 2 aliphatic heterocycles. The van der Waals surface area contributed by atoms with Gasteiger partial charge in [0, 0.05) is 64.7 Å². The van der Waals surface area contributed by atoms with E-state index >= 15 is 0 Å². The minimum atomic E-state index is -0.0219. The second kappa shape index (κ2) is 9.12. The van der Waals surface area contributed by atoms with Crippen molar-refractivity contribution in [1.82, 2.24) is 20.1 Å². The van der Waals surface area contributed by atoms with E-state index < -0.39 is 0 Å². The zero-order chi connectivity index (χ0) is 17.5. The van der Waals surface area contributed by atoms with Crippen LogP contribution in [0.4, 0.5) is 4.79 Å². The number of carbonyl (C=O) groups is 1. The molecule has 2 saturated heterocycles. The average Bonchev–Trinajstić information content (AvgIpc) is 2.86. The summed E-state index contributed by atoms with van der Waals surface area (Å²) in [6.07, 6.45) is 4.62. The third kappa shape index (κ3) is 5.14. The molecule has 7 nitrogen and oxygen atoms in total. The molecule has 3 heterocycles. The molecule has 0 aliphatic carbocycles. The van der Waals surface area contributed by atoms with E-state index in [1.165, 1.54) is 0 Å². The van der Waals surface area contributed by atoms with Crippen molar-refractivity contribution in [3.05, 3.63) is 30.1 Å². The molecule has 0 radical (unpaired) electrons. The summed E-state index contributed by atoms with van der Waals surface area (Å²) in [6.45, 7) is 6.32. The van der Waals surface area contributed by atoms with Crippen LogP contribution in [0.1, 0.15) is 12.0 Å². The number of fused-ring (bicyclic) bond motifs is 1. The first-order valence-corrected chi connectivity index (χ1v) is 9.01. The quantitative estimate of drug-likeness (QED) is 0.859. The van der Waals surface area contributed by atoms with Crippen molar-refractivity contribution < 1.29 is 14.3 Å². The summed E-state index contributed by atoms with van der Waals surface area (Å²) >= 11 is 0. The number of urea groups is 1. The van der Waals surface area contributed by atoms with Gasteiger partial charge in [-0.15, -0.1) is 0 Å². The van der Waals surface area contributed by atoms with Crippen LogP contribution in [0.2, 0.25) is 0 Å². The van der Waals surface area contributed by atoms with Crippen molar-refractivity contribution in [2.24, 2.45) is 5.92 Å². The number of hydrogen-bond acceptors (Lipinski definition) is 5. The van der Waals surface area contributed by atoms with Gasteiger partial charge in [-0.25, -0.2) is 4.79 Å². The van der Waals surface area contributed by atoms with Crippen LogP contribution in [0.5, 0.6) is 0 Å². The molecule has 2 fully saturated rings. The van der Waals surface area contributed by atoms with Crippen LogP contribution in [0.15, 0.2) is 24.5 Å². The molecule has 25 heavy (non-hydrogen) atoms. The summed E-state index contributed by atoms with van der Waals surface area (Å²) in [5.74, 6) is 0.488. The van der Waals surface area contributed by atoms with Gasteiger partial charge in [0.05, 0.1) is 19.3 Å². The van der Waals surface area contributed by atoms with Gasteiger partial charge in [-0.2, -0.15) is 0 Å². The number of hydrogen-bond donors (Lipinski definition) is 1.